The molecule has 0 spiro atoms. The quantitative estimate of drug-likeness (QED) is 0.267. The van der Waals surface area contributed by atoms with Gasteiger partial charge in [0.15, 0.2) is 0 Å². The number of likely N-dealkylation sites (N-methyl/N-ethyl adjacent to an activating group) is 1. The summed E-state index contributed by atoms with van der Waals surface area (Å²) in [6.45, 7) is 1.43. The lowest BCUT2D eigenvalue weighted by Gasteiger charge is -2.11. The molecule has 3 heterocycles. The van der Waals surface area contributed by atoms with Crippen molar-refractivity contribution in [2.24, 2.45) is 0 Å². The normalized spacial score (nSPS) is 11.6. The highest BCUT2D eigenvalue weighted by atomic mass is 19.1. The third-order valence-electron chi connectivity index (χ3n) is 6.50. The molecule has 0 radical (unpaired) electrons. The molecule has 184 valence electrons. The third kappa shape index (κ3) is 4.45. The number of aromatic nitrogens is 4. The smallest absolute Gasteiger partial charge is 0.138 e. The summed E-state index contributed by atoms with van der Waals surface area (Å²) in [5.74, 6) is 0.498. The fraction of sp³-hybridized carbons (Fsp3) is 0.133. The van der Waals surface area contributed by atoms with Crippen LogP contribution in [-0.2, 0) is 0 Å². The Kier molecular flexibility index (Phi) is 5.90. The SMILES string of the molecule is CN(C)CCOc1cncc(-c2ccc3[nH]nc(-c4cc5c(-c6ccccc6F)cccc5[nH]4)c3c2)c1. The molecule has 37 heavy (non-hydrogen) atoms. The average Bonchev–Trinajstić information content (AvgIpc) is 3.52. The van der Waals surface area contributed by atoms with Crippen LogP contribution in [-0.4, -0.2) is 52.3 Å². The Labute approximate surface area is 213 Å². The van der Waals surface area contributed by atoms with Crippen molar-refractivity contribution >= 4 is 21.8 Å². The molecule has 0 bridgehead atoms. The standard InChI is InChI=1S/C30H26FN5O/c1-36(2)12-13-37-21-14-20(17-32-18-21)19-10-11-28-25(15-19)30(35-34-28)29-16-24-22(7-5-9-27(24)33-29)23-6-3-4-8-26(23)31/h3-11,14-18,33H,12-13H2,1-2H3,(H,34,35). The first kappa shape index (κ1) is 22.9. The Morgan fingerprint density at radius 1 is 0.838 bits per heavy atom. The Morgan fingerprint density at radius 2 is 1.70 bits per heavy atom. The highest BCUT2D eigenvalue weighted by Crippen LogP contribution is 2.36. The summed E-state index contributed by atoms with van der Waals surface area (Å²) in [5, 5.41) is 9.68. The van der Waals surface area contributed by atoms with Gasteiger partial charge in [-0.3, -0.25) is 10.1 Å². The number of hydrogen-bond acceptors (Lipinski definition) is 4. The summed E-state index contributed by atoms with van der Waals surface area (Å²) < 4.78 is 20.5. The van der Waals surface area contributed by atoms with Crippen LogP contribution >= 0.6 is 0 Å². The second-order valence-corrected chi connectivity index (χ2v) is 9.32. The molecular formula is C30H26FN5O. The van der Waals surface area contributed by atoms with Gasteiger partial charge in [-0.15, -0.1) is 0 Å². The van der Waals surface area contributed by atoms with E-state index in [4.69, 9.17) is 4.74 Å². The predicted octanol–water partition coefficient (Wildman–Crippen LogP) is 6.52. The van der Waals surface area contributed by atoms with Crippen LogP contribution in [0.15, 0.2) is 85.2 Å². The number of H-pyrrole nitrogens is 2. The largest absolute Gasteiger partial charge is 0.491 e. The van der Waals surface area contributed by atoms with E-state index in [1.807, 2.05) is 68.8 Å². The lowest BCUT2D eigenvalue weighted by Crippen LogP contribution is -2.19. The van der Waals surface area contributed by atoms with E-state index in [-0.39, 0.29) is 5.82 Å². The van der Waals surface area contributed by atoms with Gasteiger partial charge in [-0.25, -0.2) is 4.39 Å². The number of halogens is 1. The molecule has 3 aromatic heterocycles. The number of rotatable bonds is 7. The van der Waals surface area contributed by atoms with Crippen LogP contribution in [0.25, 0.3) is 55.4 Å². The summed E-state index contributed by atoms with van der Waals surface area (Å²) in [7, 11) is 4.04. The van der Waals surface area contributed by atoms with Gasteiger partial charge < -0.3 is 14.6 Å². The highest BCUT2D eigenvalue weighted by Gasteiger charge is 2.15. The zero-order valence-corrected chi connectivity index (χ0v) is 20.6. The molecule has 0 atom stereocenters. The van der Waals surface area contributed by atoms with Gasteiger partial charge in [0, 0.05) is 40.2 Å². The minimum Gasteiger partial charge on any atom is -0.491 e. The van der Waals surface area contributed by atoms with Crippen LogP contribution in [0.5, 0.6) is 5.75 Å². The van der Waals surface area contributed by atoms with Crippen molar-refractivity contribution in [3.63, 3.8) is 0 Å². The van der Waals surface area contributed by atoms with Gasteiger partial charge in [-0.2, -0.15) is 5.10 Å². The van der Waals surface area contributed by atoms with E-state index in [1.54, 1.807) is 18.3 Å². The lowest BCUT2D eigenvalue weighted by molar-refractivity contribution is 0.261. The van der Waals surface area contributed by atoms with Crippen LogP contribution < -0.4 is 4.74 Å². The molecule has 7 heteroatoms. The van der Waals surface area contributed by atoms with Gasteiger partial charge in [-0.1, -0.05) is 36.4 Å². The van der Waals surface area contributed by atoms with Crippen molar-refractivity contribution in [2.45, 2.75) is 0 Å². The van der Waals surface area contributed by atoms with Crippen LogP contribution in [0.4, 0.5) is 4.39 Å². The van der Waals surface area contributed by atoms with Gasteiger partial charge in [0.2, 0.25) is 0 Å². The minimum atomic E-state index is -0.242. The van der Waals surface area contributed by atoms with Crippen molar-refractivity contribution < 1.29 is 9.13 Å². The second kappa shape index (κ2) is 9.52. The van der Waals surface area contributed by atoms with Crippen molar-refractivity contribution in [3.8, 4) is 39.4 Å². The molecule has 6 rings (SSSR count). The minimum absolute atomic E-state index is 0.242. The van der Waals surface area contributed by atoms with Crippen LogP contribution in [0.3, 0.4) is 0 Å². The maximum Gasteiger partial charge on any atom is 0.138 e. The van der Waals surface area contributed by atoms with Gasteiger partial charge in [0.05, 0.1) is 17.4 Å². The number of ether oxygens (including phenoxy) is 1. The van der Waals surface area contributed by atoms with Crippen LogP contribution in [0.1, 0.15) is 0 Å². The molecule has 0 saturated heterocycles. The Bertz CT molecular complexity index is 1720. The molecule has 0 unspecified atom stereocenters. The number of fused-ring (bicyclic) bond motifs is 2. The molecule has 0 aliphatic heterocycles. The number of aromatic amines is 2. The summed E-state index contributed by atoms with van der Waals surface area (Å²) in [6.07, 6.45) is 3.57. The molecule has 6 nitrogen and oxygen atoms in total. The number of nitrogens with zero attached hydrogens (tertiary/aromatic N) is 3. The first-order valence-electron chi connectivity index (χ1n) is 12.1. The fourth-order valence-corrected chi connectivity index (χ4v) is 4.60. The van der Waals surface area contributed by atoms with E-state index in [0.29, 0.717) is 12.2 Å². The van der Waals surface area contributed by atoms with Crippen molar-refractivity contribution in [1.29, 1.82) is 0 Å². The Hall–Kier alpha value is -4.49. The number of nitrogens with one attached hydrogen (secondary N) is 2. The van der Waals surface area contributed by atoms with Gasteiger partial charge in [0.25, 0.3) is 0 Å². The van der Waals surface area contributed by atoms with Gasteiger partial charge >= 0.3 is 0 Å². The van der Waals surface area contributed by atoms with Crippen molar-refractivity contribution in [1.82, 2.24) is 25.1 Å². The molecule has 6 aromatic rings. The molecule has 0 fully saturated rings. The summed E-state index contributed by atoms with van der Waals surface area (Å²) in [5.41, 5.74) is 6.93. The molecule has 2 N–H and O–H groups in total. The average molecular weight is 492 g/mol. The maximum absolute atomic E-state index is 14.6. The van der Waals surface area contributed by atoms with E-state index in [0.717, 1.165) is 62.2 Å². The van der Waals surface area contributed by atoms with Crippen molar-refractivity contribution in [2.75, 3.05) is 27.2 Å². The summed E-state index contributed by atoms with van der Waals surface area (Å²) in [4.78, 5) is 9.94. The summed E-state index contributed by atoms with van der Waals surface area (Å²) >= 11 is 0. The summed E-state index contributed by atoms with van der Waals surface area (Å²) in [6, 6.07) is 23.0. The van der Waals surface area contributed by atoms with E-state index in [2.05, 4.69) is 31.1 Å². The zero-order valence-electron chi connectivity index (χ0n) is 20.6. The van der Waals surface area contributed by atoms with E-state index >= 15 is 0 Å². The fourth-order valence-electron chi connectivity index (χ4n) is 4.60. The van der Waals surface area contributed by atoms with Gasteiger partial charge in [-0.05, 0) is 61.6 Å². The number of pyridine rings is 1. The van der Waals surface area contributed by atoms with E-state index < -0.39 is 0 Å². The molecule has 0 amide bonds. The Morgan fingerprint density at radius 3 is 2.57 bits per heavy atom. The predicted molar refractivity (Wildman–Crippen MR) is 146 cm³/mol. The highest BCUT2D eigenvalue weighted by molar-refractivity contribution is 6.01. The third-order valence-corrected chi connectivity index (χ3v) is 6.50. The Balaban J connectivity index is 1.39. The molecule has 3 aromatic carbocycles. The van der Waals surface area contributed by atoms with E-state index in [1.165, 1.54) is 6.07 Å². The maximum atomic E-state index is 14.6. The van der Waals surface area contributed by atoms with E-state index in [9.17, 15) is 4.39 Å². The molecule has 0 aliphatic carbocycles. The van der Waals surface area contributed by atoms with Crippen molar-refractivity contribution in [3.05, 3.63) is 91.0 Å². The molecule has 0 aliphatic rings. The number of hydrogen-bond donors (Lipinski definition) is 2. The first-order chi connectivity index (χ1) is 18.1. The molecular weight excluding hydrogens is 465 g/mol. The van der Waals surface area contributed by atoms with Gasteiger partial charge in [0.1, 0.15) is 23.9 Å². The lowest BCUT2D eigenvalue weighted by atomic mass is 10.0. The molecule has 0 saturated carbocycles. The number of benzene rings is 3. The van der Waals surface area contributed by atoms with Crippen LogP contribution in [0, 0.1) is 5.82 Å². The topological polar surface area (TPSA) is 69.8 Å². The monoisotopic (exact) mass is 491 g/mol. The first-order valence-corrected chi connectivity index (χ1v) is 12.1. The van der Waals surface area contributed by atoms with Crippen LogP contribution in [0.2, 0.25) is 0 Å². The zero-order chi connectivity index (χ0) is 25.4. The second-order valence-electron chi connectivity index (χ2n) is 9.32.